The summed E-state index contributed by atoms with van der Waals surface area (Å²) in [5.41, 5.74) is 1.28. The Morgan fingerprint density at radius 2 is 2.00 bits per heavy atom. The summed E-state index contributed by atoms with van der Waals surface area (Å²) < 4.78 is 11.1. The quantitative estimate of drug-likeness (QED) is 0.597. The van der Waals surface area contributed by atoms with Gasteiger partial charge in [-0.1, -0.05) is 6.92 Å². The van der Waals surface area contributed by atoms with E-state index in [4.69, 9.17) is 9.47 Å². The zero-order chi connectivity index (χ0) is 14.8. The molecule has 4 heteroatoms. The highest BCUT2D eigenvalue weighted by atomic mass is 16.5. The molecule has 0 radical (unpaired) electrons. The monoisotopic (exact) mass is 282 g/mol. The van der Waals surface area contributed by atoms with Gasteiger partial charge in [-0.25, -0.2) is 0 Å². The first kappa shape index (κ1) is 16.8. The Morgan fingerprint density at radius 1 is 1.20 bits per heavy atom. The molecule has 1 aromatic rings. The number of nitrogens with one attached hydrogen (secondary N) is 1. The summed E-state index contributed by atoms with van der Waals surface area (Å²) in [5.74, 6) is 1.68. The lowest BCUT2D eigenvalue weighted by atomic mass is 10.2. The van der Waals surface area contributed by atoms with Crippen LogP contribution in [-0.2, 0) is 6.54 Å². The minimum Gasteiger partial charge on any atom is -0.493 e. The molecule has 20 heavy (non-hydrogen) atoms. The van der Waals surface area contributed by atoms with Crippen molar-refractivity contribution in [1.82, 2.24) is 0 Å². The average molecular weight is 282 g/mol. The van der Waals surface area contributed by atoms with Crippen molar-refractivity contribution in [3.8, 4) is 11.5 Å². The SMILES string of the molecule is CCCOc1ccc(C[NH2+]CCC[NH+](C)C)cc1OC. The van der Waals surface area contributed by atoms with Crippen molar-refractivity contribution >= 4 is 0 Å². The molecule has 0 aromatic heterocycles. The largest absolute Gasteiger partial charge is 0.493 e. The van der Waals surface area contributed by atoms with Gasteiger partial charge in [0.05, 0.1) is 40.9 Å². The van der Waals surface area contributed by atoms with E-state index in [0.29, 0.717) is 0 Å². The molecular weight excluding hydrogens is 252 g/mol. The Labute approximate surface area is 123 Å². The van der Waals surface area contributed by atoms with Gasteiger partial charge in [0.25, 0.3) is 0 Å². The predicted octanol–water partition coefficient (Wildman–Crippen LogP) is 0.0820. The van der Waals surface area contributed by atoms with E-state index in [2.05, 4.69) is 38.5 Å². The molecule has 0 aliphatic carbocycles. The molecule has 0 bridgehead atoms. The number of hydrogen-bond acceptors (Lipinski definition) is 2. The van der Waals surface area contributed by atoms with Gasteiger partial charge in [0.1, 0.15) is 6.54 Å². The summed E-state index contributed by atoms with van der Waals surface area (Å²) in [7, 11) is 6.08. The van der Waals surface area contributed by atoms with Gasteiger partial charge in [-0.05, 0) is 24.6 Å². The maximum absolute atomic E-state index is 5.66. The molecule has 0 aliphatic rings. The molecule has 4 nitrogen and oxygen atoms in total. The Hall–Kier alpha value is -1.26. The molecule has 0 aliphatic heterocycles. The van der Waals surface area contributed by atoms with Crippen LogP contribution in [0.3, 0.4) is 0 Å². The van der Waals surface area contributed by atoms with Gasteiger partial charge >= 0.3 is 0 Å². The van der Waals surface area contributed by atoms with Gasteiger partial charge < -0.3 is 19.7 Å². The first-order valence-electron chi connectivity index (χ1n) is 7.57. The van der Waals surface area contributed by atoms with Gasteiger partial charge in [-0.15, -0.1) is 0 Å². The van der Waals surface area contributed by atoms with E-state index in [1.807, 2.05) is 6.07 Å². The number of hydrogen-bond donors (Lipinski definition) is 2. The van der Waals surface area contributed by atoms with Gasteiger partial charge in [-0.2, -0.15) is 0 Å². The molecule has 0 unspecified atom stereocenters. The number of nitrogens with two attached hydrogens (primary N) is 1. The molecule has 0 fully saturated rings. The van der Waals surface area contributed by atoms with E-state index >= 15 is 0 Å². The number of ether oxygens (including phenoxy) is 2. The predicted molar refractivity (Wildman–Crippen MR) is 81.6 cm³/mol. The Kier molecular flexibility index (Phi) is 8.07. The van der Waals surface area contributed by atoms with Gasteiger partial charge in [0.2, 0.25) is 0 Å². The molecule has 0 saturated heterocycles. The summed E-state index contributed by atoms with van der Waals surface area (Å²) in [6.07, 6.45) is 2.25. The van der Waals surface area contributed by atoms with Crippen molar-refractivity contribution in [3.05, 3.63) is 23.8 Å². The van der Waals surface area contributed by atoms with Gasteiger partial charge in [0, 0.05) is 12.0 Å². The maximum atomic E-state index is 5.66. The number of methoxy groups -OCH3 is 1. The fourth-order valence-corrected chi connectivity index (χ4v) is 2.04. The lowest BCUT2D eigenvalue weighted by molar-refractivity contribution is -0.860. The average Bonchev–Trinajstić information content (AvgIpc) is 2.44. The summed E-state index contributed by atoms with van der Waals surface area (Å²) in [6.45, 7) is 6.22. The molecule has 1 rings (SSSR count). The first-order valence-corrected chi connectivity index (χ1v) is 7.57. The standard InChI is InChI=1S/C16H28N2O2/c1-5-11-20-15-8-7-14(12-16(15)19-4)13-17-9-6-10-18(2)3/h7-8,12,17H,5-6,9-11,13H2,1-4H3/p+2. The molecule has 0 heterocycles. The molecule has 1 aromatic carbocycles. The zero-order valence-corrected chi connectivity index (χ0v) is 13.4. The smallest absolute Gasteiger partial charge is 0.161 e. The van der Waals surface area contributed by atoms with E-state index in [-0.39, 0.29) is 0 Å². The van der Waals surface area contributed by atoms with Crippen molar-refractivity contribution in [1.29, 1.82) is 0 Å². The van der Waals surface area contributed by atoms with Crippen LogP contribution in [0.4, 0.5) is 0 Å². The summed E-state index contributed by atoms with van der Waals surface area (Å²) in [5, 5.41) is 2.35. The van der Waals surface area contributed by atoms with E-state index in [1.54, 1.807) is 7.11 Å². The van der Waals surface area contributed by atoms with E-state index in [1.165, 1.54) is 30.0 Å². The normalized spacial score (nSPS) is 10.8. The third-order valence-electron chi connectivity index (χ3n) is 3.15. The number of quaternary nitrogens is 2. The fourth-order valence-electron chi connectivity index (χ4n) is 2.04. The molecule has 0 saturated carbocycles. The van der Waals surface area contributed by atoms with E-state index < -0.39 is 0 Å². The second kappa shape index (κ2) is 9.61. The van der Waals surface area contributed by atoms with Crippen LogP contribution in [0, 0.1) is 0 Å². The van der Waals surface area contributed by atoms with Crippen LogP contribution < -0.4 is 19.7 Å². The Morgan fingerprint density at radius 3 is 2.65 bits per heavy atom. The molecule has 0 atom stereocenters. The second-order valence-electron chi connectivity index (χ2n) is 5.43. The highest BCUT2D eigenvalue weighted by molar-refractivity contribution is 5.42. The minimum atomic E-state index is 0.731. The van der Waals surface area contributed by atoms with Crippen molar-refractivity contribution < 1.29 is 19.7 Å². The highest BCUT2D eigenvalue weighted by Crippen LogP contribution is 2.27. The van der Waals surface area contributed by atoms with Crippen LogP contribution in [0.5, 0.6) is 11.5 Å². The van der Waals surface area contributed by atoms with Crippen molar-refractivity contribution in [2.24, 2.45) is 0 Å². The first-order chi connectivity index (χ1) is 9.67. The third kappa shape index (κ3) is 6.26. The number of rotatable bonds is 10. The van der Waals surface area contributed by atoms with Gasteiger partial charge in [0.15, 0.2) is 11.5 Å². The Bertz CT molecular complexity index is 381. The van der Waals surface area contributed by atoms with Crippen LogP contribution in [0.15, 0.2) is 18.2 Å². The molecule has 0 spiro atoms. The van der Waals surface area contributed by atoms with E-state index in [0.717, 1.165) is 31.1 Å². The Balaban J connectivity index is 2.42. The molecule has 114 valence electrons. The number of benzene rings is 1. The minimum absolute atomic E-state index is 0.731. The molecular formula is C16H30N2O2+2. The summed E-state index contributed by atoms with van der Waals surface area (Å²) in [4.78, 5) is 1.51. The second-order valence-corrected chi connectivity index (χ2v) is 5.43. The summed E-state index contributed by atoms with van der Waals surface area (Å²) >= 11 is 0. The van der Waals surface area contributed by atoms with Crippen molar-refractivity contribution in [2.75, 3.05) is 40.9 Å². The fraction of sp³-hybridized carbons (Fsp3) is 0.625. The molecule has 0 amide bonds. The highest BCUT2D eigenvalue weighted by Gasteiger charge is 2.06. The van der Waals surface area contributed by atoms with Crippen LogP contribution in [0.25, 0.3) is 0 Å². The van der Waals surface area contributed by atoms with Crippen LogP contribution in [0.2, 0.25) is 0 Å². The third-order valence-corrected chi connectivity index (χ3v) is 3.15. The topological polar surface area (TPSA) is 39.5 Å². The van der Waals surface area contributed by atoms with Crippen LogP contribution in [0.1, 0.15) is 25.3 Å². The van der Waals surface area contributed by atoms with Crippen molar-refractivity contribution in [2.45, 2.75) is 26.3 Å². The van der Waals surface area contributed by atoms with Crippen molar-refractivity contribution in [3.63, 3.8) is 0 Å². The zero-order valence-electron chi connectivity index (χ0n) is 13.4. The lowest BCUT2D eigenvalue weighted by Gasteiger charge is -2.11. The lowest BCUT2D eigenvalue weighted by Crippen LogP contribution is -3.06. The van der Waals surface area contributed by atoms with Crippen LogP contribution >= 0.6 is 0 Å². The van der Waals surface area contributed by atoms with Crippen LogP contribution in [-0.4, -0.2) is 40.9 Å². The van der Waals surface area contributed by atoms with Gasteiger partial charge in [-0.3, -0.25) is 0 Å². The van der Waals surface area contributed by atoms with E-state index in [9.17, 15) is 0 Å². The summed E-state index contributed by atoms with van der Waals surface area (Å²) in [6, 6.07) is 6.22. The molecule has 3 N–H and O–H groups in total. The maximum Gasteiger partial charge on any atom is 0.161 e.